The maximum absolute atomic E-state index is 12.7. The summed E-state index contributed by atoms with van der Waals surface area (Å²) in [5.41, 5.74) is 0.244. The Bertz CT molecular complexity index is 614. The molecule has 1 saturated heterocycles. The largest absolute Gasteiger partial charge is 0.497 e. The molecule has 0 aliphatic carbocycles. The Morgan fingerprint density at radius 2 is 2.18 bits per heavy atom. The Morgan fingerprint density at radius 1 is 1.45 bits per heavy atom. The molecule has 0 saturated carbocycles. The van der Waals surface area contributed by atoms with Crippen LogP contribution in [0.5, 0.6) is 5.75 Å². The third-order valence-corrected chi connectivity index (χ3v) is 6.62. The van der Waals surface area contributed by atoms with Crippen LogP contribution in [0.15, 0.2) is 24.3 Å². The van der Waals surface area contributed by atoms with Crippen LogP contribution in [0.1, 0.15) is 32.3 Å². The summed E-state index contributed by atoms with van der Waals surface area (Å²) in [5.74, 6) is 0.771. The van der Waals surface area contributed by atoms with Crippen LogP contribution in [0, 0.1) is 0 Å². The molecule has 1 aromatic carbocycles. The maximum Gasteiger partial charge on any atom is 0.215 e. The van der Waals surface area contributed by atoms with Gasteiger partial charge in [-0.1, -0.05) is 12.1 Å². The molecule has 1 heterocycles. The predicted molar refractivity (Wildman–Crippen MR) is 86.5 cm³/mol. The standard InChI is InChI=1S/C16H25NO4S/c1-13(18)16(2)9-5-10-17(16)22(19,20)11-8-14-6-4-7-15(12-14)21-3/h4,6-7,12-13,18H,5,8-11H2,1-3H3/t13?,16-/m0/s1. The number of rotatable bonds is 6. The van der Waals surface area contributed by atoms with Gasteiger partial charge in [0.05, 0.1) is 24.5 Å². The van der Waals surface area contributed by atoms with Gasteiger partial charge in [-0.05, 0) is 50.8 Å². The lowest BCUT2D eigenvalue weighted by Gasteiger charge is -2.36. The van der Waals surface area contributed by atoms with Crippen molar-refractivity contribution in [1.29, 1.82) is 0 Å². The van der Waals surface area contributed by atoms with Crippen molar-refractivity contribution in [1.82, 2.24) is 4.31 Å². The summed E-state index contributed by atoms with van der Waals surface area (Å²) in [7, 11) is -1.81. The second-order valence-corrected chi connectivity index (χ2v) is 8.14. The third kappa shape index (κ3) is 3.45. The fourth-order valence-corrected chi connectivity index (χ4v) is 5.02. The minimum atomic E-state index is -3.40. The number of aliphatic hydroxyl groups is 1. The van der Waals surface area contributed by atoms with Crippen molar-refractivity contribution in [3.8, 4) is 5.75 Å². The van der Waals surface area contributed by atoms with Crippen LogP contribution in [0.3, 0.4) is 0 Å². The number of ether oxygens (including phenoxy) is 1. The van der Waals surface area contributed by atoms with Crippen LogP contribution in [0.4, 0.5) is 0 Å². The lowest BCUT2D eigenvalue weighted by Crippen LogP contribution is -2.52. The first kappa shape index (κ1) is 17.2. The summed E-state index contributed by atoms with van der Waals surface area (Å²) in [6, 6.07) is 7.45. The highest BCUT2D eigenvalue weighted by molar-refractivity contribution is 7.89. The van der Waals surface area contributed by atoms with Crippen molar-refractivity contribution in [3.63, 3.8) is 0 Å². The molecule has 22 heavy (non-hydrogen) atoms. The molecule has 0 bridgehead atoms. The van der Waals surface area contributed by atoms with Crippen LogP contribution in [-0.2, 0) is 16.4 Å². The molecule has 0 aromatic heterocycles. The van der Waals surface area contributed by atoms with E-state index in [9.17, 15) is 13.5 Å². The van der Waals surface area contributed by atoms with E-state index in [0.29, 0.717) is 19.4 Å². The van der Waals surface area contributed by atoms with Crippen molar-refractivity contribution in [2.45, 2.75) is 44.8 Å². The van der Waals surface area contributed by atoms with Crippen LogP contribution in [0.2, 0.25) is 0 Å². The highest BCUT2D eigenvalue weighted by atomic mass is 32.2. The molecule has 6 heteroatoms. The number of methoxy groups -OCH3 is 1. The number of aliphatic hydroxyl groups excluding tert-OH is 1. The Kier molecular flexibility index (Phi) is 5.14. The van der Waals surface area contributed by atoms with E-state index in [2.05, 4.69) is 0 Å². The highest BCUT2D eigenvalue weighted by Crippen LogP contribution is 2.34. The fraction of sp³-hybridized carbons (Fsp3) is 0.625. The molecule has 1 aliphatic rings. The van der Waals surface area contributed by atoms with Crippen molar-refractivity contribution in [2.75, 3.05) is 19.4 Å². The molecular weight excluding hydrogens is 302 g/mol. The van der Waals surface area contributed by atoms with Crippen molar-refractivity contribution < 1.29 is 18.3 Å². The molecule has 1 fully saturated rings. The van der Waals surface area contributed by atoms with Gasteiger partial charge in [-0.25, -0.2) is 8.42 Å². The molecule has 1 aromatic rings. The van der Waals surface area contributed by atoms with E-state index < -0.39 is 21.7 Å². The Balaban J connectivity index is 2.11. The predicted octanol–water partition coefficient (Wildman–Crippen LogP) is 1.80. The molecule has 5 nitrogen and oxygen atoms in total. The van der Waals surface area contributed by atoms with Crippen LogP contribution < -0.4 is 4.74 Å². The molecule has 0 amide bonds. The van der Waals surface area contributed by atoms with Crippen molar-refractivity contribution in [2.24, 2.45) is 0 Å². The van der Waals surface area contributed by atoms with Crippen LogP contribution in [-0.4, -0.2) is 48.9 Å². The summed E-state index contributed by atoms with van der Waals surface area (Å²) < 4.78 is 32.0. The summed E-state index contributed by atoms with van der Waals surface area (Å²) >= 11 is 0. The van der Waals surface area contributed by atoms with E-state index in [1.807, 2.05) is 31.2 Å². The number of aryl methyl sites for hydroxylation is 1. The SMILES string of the molecule is COc1cccc(CCS(=O)(=O)N2CCC[C@@]2(C)C(C)O)c1. The molecule has 2 atom stereocenters. The zero-order valence-corrected chi connectivity index (χ0v) is 14.3. The summed E-state index contributed by atoms with van der Waals surface area (Å²) in [5, 5.41) is 9.98. The topological polar surface area (TPSA) is 66.8 Å². The average molecular weight is 327 g/mol. The molecular formula is C16H25NO4S. The summed E-state index contributed by atoms with van der Waals surface area (Å²) in [6.45, 7) is 3.98. The minimum absolute atomic E-state index is 0.0441. The molecule has 1 N–H and O–H groups in total. The number of benzene rings is 1. The zero-order chi connectivity index (χ0) is 16.4. The Morgan fingerprint density at radius 3 is 2.82 bits per heavy atom. The third-order valence-electron chi connectivity index (χ3n) is 4.63. The van der Waals surface area contributed by atoms with Crippen LogP contribution >= 0.6 is 0 Å². The first-order chi connectivity index (χ1) is 10.3. The molecule has 0 spiro atoms. The summed E-state index contributed by atoms with van der Waals surface area (Å²) in [4.78, 5) is 0. The van der Waals surface area contributed by atoms with Gasteiger partial charge in [-0.2, -0.15) is 4.31 Å². The minimum Gasteiger partial charge on any atom is -0.497 e. The highest BCUT2D eigenvalue weighted by Gasteiger charge is 2.46. The van der Waals surface area contributed by atoms with Gasteiger partial charge in [-0.15, -0.1) is 0 Å². The number of hydrogen-bond donors (Lipinski definition) is 1. The summed E-state index contributed by atoms with van der Waals surface area (Å²) in [6.07, 6.45) is 1.25. The van der Waals surface area contributed by atoms with Gasteiger partial charge in [0.2, 0.25) is 10.0 Å². The van der Waals surface area contributed by atoms with Gasteiger partial charge >= 0.3 is 0 Å². The monoisotopic (exact) mass is 327 g/mol. The smallest absolute Gasteiger partial charge is 0.215 e. The number of sulfonamides is 1. The van der Waals surface area contributed by atoms with E-state index in [1.165, 1.54) is 4.31 Å². The number of hydrogen-bond acceptors (Lipinski definition) is 4. The van der Waals surface area contributed by atoms with Gasteiger partial charge in [0.25, 0.3) is 0 Å². The molecule has 1 unspecified atom stereocenters. The lowest BCUT2D eigenvalue weighted by atomic mass is 9.94. The lowest BCUT2D eigenvalue weighted by molar-refractivity contribution is 0.0568. The van der Waals surface area contributed by atoms with E-state index in [-0.39, 0.29) is 5.75 Å². The average Bonchev–Trinajstić information content (AvgIpc) is 2.90. The quantitative estimate of drug-likeness (QED) is 0.865. The van der Waals surface area contributed by atoms with Gasteiger partial charge in [-0.3, -0.25) is 0 Å². The Labute approximate surface area is 133 Å². The molecule has 0 radical (unpaired) electrons. The fourth-order valence-electron chi connectivity index (χ4n) is 3.02. The van der Waals surface area contributed by atoms with E-state index in [1.54, 1.807) is 14.0 Å². The van der Waals surface area contributed by atoms with Crippen molar-refractivity contribution >= 4 is 10.0 Å². The first-order valence-corrected chi connectivity index (χ1v) is 9.22. The van der Waals surface area contributed by atoms with Gasteiger partial charge in [0, 0.05) is 6.54 Å². The molecule has 1 aliphatic heterocycles. The second-order valence-electron chi connectivity index (χ2n) is 6.13. The van der Waals surface area contributed by atoms with Crippen molar-refractivity contribution in [3.05, 3.63) is 29.8 Å². The van der Waals surface area contributed by atoms with E-state index in [4.69, 9.17) is 4.74 Å². The number of nitrogens with zero attached hydrogens (tertiary/aromatic N) is 1. The van der Waals surface area contributed by atoms with E-state index in [0.717, 1.165) is 17.7 Å². The molecule has 124 valence electrons. The second kappa shape index (κ2) is 6.56. The molecule has 2 rings (SSSR count). The maximum atomic E-state index is 12.7. The van der Waals surface area contributed by atoms with E-state index >= 15 is 0 Å². The van der Waals surface area contributed by atoms with Gasteiger partial charge < -0.3 is 9.84 Å². The van der Waals surface area contributed by atoms with Gasteiger partial charge in [0.15, 0.2) is 0 Å². The first-order valence-electron chi connectivity index (χ1n) is 7.61. The van der Waals surface area contributed by atoms with Gasteiger partial charge in [0.1, 0.15) is 5.75 Å². The Hall–Kier alpha value is -1.11. The normalized spacial score (nSPS) is 24.4. The van der Waals surface area contributed by atoms with Crippen LogP contribution in [0.25, 0.3) is 0 Å². The zero-order valence-electron chi connectivity index (χ0n) is 13.4.